The van der Waals surface area contributed by atoms with Crippen LogP contribution in [0.3, 0.4) is 0 Å². The molecule has 0 radical (unpaired) electrons. The van der Waals surface area contributed by atoms with Crippen LogP contribution in [0.1, 0.15) is 61.3 Å². The second-order valence-corrected chi connectivity index (χ2v) is 9.27. The van der Waals surface area contributed by atoms with E-state index in [2.05, 4.69) is 24.0 Å². The summed E-state index contributed by atoms with van der Waals surface area (Å²) in [5.74, 6) is 1.80. The van der Waals surface area contributed by atoms with Gasteiger partial charge in [-0.05, 0) is 55.5 Å². The largest absolute Gasteiger partial charge is 0.507 e. The predicted molar refractivity (Wildman–Crippen MR) is 138 cm³/mol. The number of para-hydroxylation sites is 1. The number of H-pyrrole nitrogens is 1. The summed E-state index contributed by atoms with van der Waals surface area (Å²) in [6, 6.07) is 12.4. The van der Waals surface area contributed by atoms with Crippen LogP contribution in [0, 0.1) is 5.92 Å². The second kappa shape index (κ2) is 11.5. The molecule has 192 valence electrons. The van der Waals surface area contributed by atoms with Gasteiger partial charge in [-0.15, -0.1) is 0 Å². The molecule has 36 heavy (non-hydrogen) atoms. The van der Waals surface area contributed by atoms with Gasteiger partial charge in [0.15, 0.2) is 11.5 Å². The van der Waals surface area contributed by atoms with Crippen LogP contribution in [0.5, 0.6) is 17.2 Å². The molecule has 2 N–H and O–H groups in total. The summed E-state index contributed by atoms with van der Waals surface area (Å²) < 4.78 is 17.2. The molecule has 0 aliphatic carbocycles. The van der Waals surface area contributed by atoms with Gasteiger partial charge in [-0.2, -0.15) is 5.10 Å². The van der Waals surface area contributed by atoms with Crippen molar-refractivity contribution in [3.8, 4) is 28.5 Å². The molecule has 0 saturated carbocycles. The standard InChI is InChI=1S/C28H35N3O5/c1-5-35-15-8-14-31-27(19-11-12-22(23(17-19)34-4)36-16-13-18(2)3)24-25(29-30-26(24)28(31)33)20-9-6-7-10-21(20)32/h6-7,9-12,17-18,27,32H,5,8,13-16H2,1-4H3,(H,29,30). The number of aromatic amines is 1. The Morgan fingerprint density at radius 2 is 1.94 bits per heavy atom. The number of nitrogens with one attached hydrogen (secondary N) is 1. The first kappa shape index (κ1) is 25.6. The van der Waals surface area contributed by atoms with Crippen LogP contribution in [0.15, 0.2) is 42.5 Å². The molecule has 3 aromatic rings. The molecule has 1 aromatic heterocycles. The van der Waals surface area contributed by atoms with Crippen LogP contribution in [-0.2, 0) is 4.74 Å². The summed E-state index contributed by atoms with van der Waals surface area (Å²) in [5, 5.41) is 17.9. The highest BCUT2D eigenvalue weighted by Crippen LogP contribution is 2.45. The molecule has 1 unspecified atom stereocenters. The fraction of sp³-hybridized carbons (Fsp3) is 0.429. The predicted octanol–water partition coefficient (Wildman–Crippen LogP) is 5.19. The molecule has 0 saturated heterocycles. The molecule has 1 amide bonds. The number of aromatic hydroxyl groups is 1. The third kappa shape index (κ3) is 5.18. The average molecular weight is 494 g/mol. The minimum atomic E-state index is -0.402. The second-order valence-electron chi connectivity index (χ2n) is 9.27. The fourth-order valence-corrected chi connectivity index (χ4v) is 4.51. The van der Waals surface area contributed by atoms with E-state index < -0.39 is 6.04 Å². The van der Waals surface area contributed by atoms with Crippen molar-refractivity contribution in [2.45, 2.75) is 39.7 Å². The van der Waals surface area contributed by atoms with Gasteiger partial charge in [0.2, 0.25) is 0 Å². The fourth-order valence-electron chi connectivity index (χ4n) is 4.51. The van der Waals surface area contributed by atoms with Crippen LogP contribution in [0.2, 0.25) is 0 Å². The summed E-state index contributed by atoms with van der Waals surface area (Å²) in [5.41, 5.74) is 3.19. The number of nitrogens with zero attached hydrogens (tertiary/aromatic N) is 2. The van der Waals surface area contributed by atoms with Gasteiger partial charge in [-0.3, -0.25) is 9.89 Å². The van der Waals surface area contributed by atoms with E-state index in [0.29, 0.717) is 67.2 Å². The van der Waals surface area contributed by atoms with Crippen molar-refractivity contribution < 1.29 is 24.1 Å². The van der Waals surface area contributed by atoms with Crippen LogP contribution in [-0.4, -0.2) is 59.6 Å². The molecule has 0 spiro atoms. The molecule has 8 heteroatoms. The number of ether oxygens (including phenoxy) is 3. The van der Waals surface area contributed by atoms with E-state index in [-0.39, 0.29) is 11.7 Å². The molecule has 0 fully saturated rings. The number of aromatic nitrogens is 2. The molecule has 4 rings (SSSR count). The lowest BCUT2D eigenvalue weighted by molar-refractivity contribution is 0.0710. The Morgan fingerprint density at radius 1 is 1.14 bits per heavy atom. The Kier molecular flexibility index (Phi) is 8.15. The lowest BCUT2D eigenvalue weighted by Gasteiger charge is -2.27. The van der Waals surface area contributed by atoms with Gasteiger partial charge >= 0.3 is 0 Å². The van der Waals surface area contributed by atoms with Crippen molar-refractivity contribution in [2.75, 3.05) is 33.5 Å². The van der Waals surface area contributed by atoms with Crippen molar-refractivity contribution in [2.24, 2.45) is 5.92 Å². The van der Waals surface area contributed by atoms with Gasteiger partial charge in [0.05, 0.1) is 19.8 Å². The van der Waals surface area contributed by atoms with Gasteiger partial charge in [0.1, 0.15) is 17.1 Å². The van der Waals surface area contributed by atoms with Gasteiger partial charge in [-0.25, -0.2) is 0 Å². The maximum absolute atomic E-state index is 13.5. The molecule has 1 aliphatic rings. The van der Waals surface area contributed by atoms with Gasteiger partial charge < -0.3 is 24.2 Å². The van der Waals surface area contributed by atoms with Crippen molar-refractivity contribution >= 4 is 5.91 Å². The number of carbonyl (C=O) groups excluding carboxylic acids is 1. The Bertz CT molecular complexity index is 1190. The van der Waals surface area contributed by atoms with Crippen molar-refractivity contribution in [3.63, 3.8) is 0 Å². The van der Waals surface area contributed by atoms with Gasteiger partial charge in [-0.1, -0.05) is 32.0 Å². The molecular weight excluding hydrogens is 458 g/mol. The first-order chi connectivity index (χ1) is 17.5. The zero-order valence-electron chi connectivity index (χ0n) is 21.4. The number of rotatable bonds is 12. The number of methoxy groups -OCH3 is 1. The highest BCUT2D eigenvalue weighted by Gasteiger charge is 2.42. The topological polar surface area (TPSA) is 96.9 Å². The Morgan fingerprint density at radius 3 is 2.67 bits per heavy atom. The van der Waals surface area contributed by atoms with E-state index in [1.54, 1.807) is 25.3 Å². The number of phenols is 1. The third-order valence-corrected chi connectivity index (χ3v) is 6.37. The highest BCUT2D eigenvalue weighted by atomic mass is 16.5. The maximum Gasteiger partial charge on any atom is 0.273 e. The number of benzene rings is 2. The van der Waals surface area contributed by atoms with Crippen LogP contribution >= 0.6 is 0 Å². The SMILES string of the molecule is CCOCCCN1C(=O)c2[nH]nc(-c3ccccc3O)c2C1c1ccc(OCCC(C)C)c(OC)c1. The Balaban J connectivity index is 1.74. The van der Waals surface area contributed by atoms with Gasteiger partial charge in [0.25, 0.3) is 5.91 Å². The van der Waals surface area contributed by atoms with E-state index >= 15 is 0 Å². The van der Waals surface area contributed by atoms with Crippen molar-refractivity contribution in [3.05, 3.63) is 59.3 Å². The van der Waals surface area contributed by atoms with Crippen molar-refractivity contribution in [1.29, 1.82) is 0 Å². The zero-order valence-corrected chi connectivity index (χ0v) is 21.4. The molecule has 2 aromatic carbocycles. The minimum Gasteiger partial charge on any atom is -0.507 e. The zero-order chi connectivity index (χ0) is 25.7. The van der Waals surface area contributed by atoms with Gasteiger partial charge in [0, 0.05) is 30.9 Å². The molecule has 0 bridgehead atoms. The van der Waals surface area contributed by atoms with E-state index in [9.17, 15) is 9.90 Å². The van der Waals surface area contributed by atoms with E-state index in [1.165, 1.54) is 0 Å². The maximum atomic E-state index is 13.5. The first-order valence-electron chi connectivity index (χ1n) is 12.5. The summed E-state index contributed by atoms with van der Waals surface area (Å²) in [6.45, 7) is 8.58. The summed E-state index contributed by atoms with van der Waals surface area (Å²) in [4.78, 5) is 15.3. The number of carbonyl (C=O) groups is 1. The number of amides is 1. The third-order valence-electron chi connectivity index (χ3n) is 6.37. The lowest BCUT2D eigenvalue weighted by Crippen LogP contribution is -2.31. The Labute approximate surface area is 212 Å². The molecule has 1 aliphatic heterocycles. The van der Waals surface area contributed by atoms with E-state index in [1.807, 2.05) is 36.1 Å². The average Bonchev–Trinajstić information content (AvgIpc) is 3.41. The van der Waals surface area contributed by atoms with E-state index in [4.69, 9.17) is 14.2 Å². The van der Waals surface area contributed by atoms with E-state index in [0.717, 1.165) is 17.5 Å². The Hall–Kier alpha value is -3.52. The number of fused-ring (bicyclic) bond motifs is 1. The van der Waals surface area contributed by atoms with Crippen LogP contribution in [0.25, 0.3) is 11.3 Å². The summed E-state index contributed by atoms with van der Waals surface area (Å²) in [6.07, 6.45) is 1.64. The quantitative estimate of drug-likeness (QED) is 0.337. The van der Waals surface area contributed by atoms with Crippen molar-refractivity contribution in [1.82, 2.24) is 15.1 Å². The normalized spacial score (nSPS) is 15.0. The molecule has 8 nitrogen and oxygen atoms in total. The molecule has 1 atom stereocenters. The summed E-state index contributed by atoms with van der Waals surface area (Å²) >= 11 is 0. The lowest BCUT2D eigenvalue weighted by atomic mass is 9.95. The smallest absolute Gasteiger partial charge is 0.273 e. The highest BCUT2D eigenvalue weighted by molar-refractivity contribution is 6.00. The van der Waals surface area contributed by atoms with Crippen LogP contribution in [0.4, 0.5) is 0 Å². The van der Waals surface area contributed by atoms with Crippen LogP contribution < -0.4 is 9.47 Å². The first-order valence-corrected chi connectivity index (χ1v) is 12.5. The number of hydrogen-bond acceptors (Lipinski definition) is 6. The number of hydrogen-bond donors (Lipinski definition) is 2. The molecule has 2 heterocycles. The minimum absolute atomic E-state index is 0.110. The monoisotopic (exact) mass is 493 g/mol. The molecular formula is C28H35N3O5. The summed E-state index contributed by atoms with van der Waals surface area (Å²) in [7, 11) is 1.62. The number of phenolic OH excluding ortho intramolecular Hbond substituents is 1.